The Labute approximate surface area is 110 Å². The summed E-state index contributed by atoms with van der Waals surface area (Å²) in [6, 6.07) is 10.9. The molecule has 1 N–H and O–H groups in total. The zero-order chi connectivity index (χ0) is 13.8. The third-order valence-corrected chi connectivity index (χ3v) is 2.71. The van der Waals surface area contributed by atoms with E-state index < -0.39 is 12.1 Å². The molecule has 2 aromatic carbocycles. The van der Waals surface area contributed by atoms with E-state index in [1.165, 1.54) is 14.2 Å². The van der Waals surface area contributed by atoms with E-state index in [9.17, 15) is 9.59 Å². The predicted octanol–water partition coefficient (Wildman–Crippen LogP) is 2.80. The maximum atomic E-state index is 11.7. The number of esters is 1. The smallest absolute Gasteiger partial charge is 0.411 e. The van der Waals surface area contributed by atoms with Crippen LogP contribution in [0.1, 0.15) is 10.4 Å². The van der Waals surface area contributed by atoms with Gasteiger partial charge in [-0.2, -0.15) is 0 Å². The van der Waals surface area contributed by atoms with Crippen LogP contribution in [0.4, 0.5) is 10.5 Å². The highest BCUT2D eigenvalue weighted by Gasteiger charge is 2.15. The van der Waals surface area contributed by atoms with Crippen molar-refractivity contribution in [3.63, 3.8) is 0 Å². The van der Waals surface area contributed by atoms with E-state index in [0.29, 0.717) is 5.69 Å². The minimum Gasteiger partial charge on any atom is -0.465 e. The lowest BCUT2D eigenvalue weighted by Crippen LogP contribution is -2.15. The van der Waals surface area contributed by atoms with Gasteiger partial charge in [0.05, 0.1) is 25.5 Å². The second-order valence-electron chi connectivity index (χ2n) is 3.85. The van der Waals surface area contributed by atoms with Crippen LogP contribution < -0.4 is 5.32 Å². The van der Waals surface area contributed by atoms with Crippen LogP contribution in [0.5, 0.6) is 0 Å². The number of methoxy groups -OCH3 is 2. The summed E-state index contributed by atoms with van der Waals surface area (Å²) in [6.45, 7) is 0. The third kappa shape index (κ3) is 2.65. The summed E-state index contributed by atoms with van der Waals surface area (Å²) < 4.78 is 9.24. The Hall–Kier alpha value is -2.56. The molecular weight excluding hydrogens is 246 g/mol. The largest absolute Gasteiger partial charge is 0.465 e. The van der Waals surface area contributed by atoms with Gasteiger partial charge in [0, 0.05) is 0 Å². The highest BCUT2D eigenvalue weighted by Crippen LogP contribution is 2.25. The molecule has 0 saturated heterocycles. The molecule has 2 rings (SSSR count). The summed E-state index contributed by atoms with van der Waals surface area (Å²) in [5.41, 5.74) is 0.643. The maximum Gasteiger partial charge on any atom is 0.411 e. The van der Waals surface area contributed by atoms with Crippen molar-refractivity contribution in [3.8, 4) is 0 Å². The summed E-state index contributed by atoms with van der Waals surface area (Å²) in [6.07, 6.45) is -0.638. The number of hydrogen-bond acceptors (Lipinski definition) is 4. The van der Waals surface area contributed by atoms with E-state index in [2.05, 4.69) is 10.1 Å². The number of hydrogen-bond donors (Lipinski definition) is 1. The van der Waals surface area contributed by atoms with Crippen molar-refractivity contribution < 1.29 is 19.1 Å². The summed E-state index contributed by atoms with van der Waals surface area (Å²) in [7, 11) is 2.55. The van der Waals surface area contributed by atoms with Crippen LogP contribution in [-0.4, -0.2) is 26.3 Å². The van der Waals surface area contributed by atoms with Crippen molar-refractivity contribution in [2.45, 2.75) is 0 Å². The summed E-state index contributed by atoms with van der Waals surface area (Å²) >= 11 is 0. The average molecular weight is 259 g/mol. The molecule has 0 bridgehead atoms. The Morgan fingerprint density at radius 1 is 1.00 bits per heavy atom. The molecule has 0 saturated carbocycles. The topological polar surface area (TPSA) is 64.6 Å². The van der Waals surface area contributed by atoms with E-state index in [-0.39, 0.29) is 5.56 Å². The molecule has 5 heteroatoms. The number of carbonyl (C=O) groups excluding carboxylic acids is 2. The molecule has 0 unspecified atom stereocenters. The second-order valence-corrected chi connectivity index (χ2v) is 3.85. The van der Waals surface area contributed by atoms with Crippen LogP contribution in [0.15, 0.2) is 36.4 Å². The molecule has 19 heavy (non-hydrogen) atoms. The van der Waals surface area contributed by atoms with Gasteiger partial charge in [0.15, 0.2) is 0 Å². The monoisotopic (exact) mass is 259 g/mol. The average Bonchev–Trinajstić information content (AvgIpc) is 2.45. The lowest BCUT2D eigenvalue weighted by Gasteiger charge is -2.10. The summed E-state index contributed by atoms with van der Waals surface area (Å²) in [5, 5.41) is 4.30. The predicted molar refractivity (Wildman–Crippen MR) is 71.3 cm³/mol. The van der Waals surface area contributed by atoms with Crippen molar-refractivity contribution in [2.75, 3.05) is 19.5 Å². The molecular formula is C14H13NO4. The minimum absolute atomic E-state index is 0.284. The number of fused-ring (bicyclic) bond motifs is 1. The van der Waals surface area contributed by atoms with Gasteiger partial charge in [0.2, 0.25) is 0 Å². The number of nitrogens with one attached hydrogen (secondary N) is 1. The lowest BCUT2D eigenvalue weighted by atomic mass is 10.0. The molecule has 2 aromatic rings. The van der Waals surface area contributed by atoms with Gasteiger partial charge in [-0.3, -0.25) is 5.32 Å². The third-order valence-electron chi connectivity index (χ3n) is 2.71. The van der Waals surface area contributed by atoms with E-state index in [0.717, 1.165) is 10.8 Å². The van der Waals surface area contributed by atoms with Crippen LogP contribution in [0.2, 0.25) is 0 Å². The van der Waals surface area contributed by atoms with Gasteiger partial charge in [0.25, 0.3) is 0 Å². The van der Waals surface area contributed by atoms with E-state index >= 15 is 0 Å². The van der Waals surface area contributed by atoms with Crippen molar-refractivity contribution >= 4 is 28.5 Å². The normalized spacial score (nSPS) is 10.0. The summed E-state index contributed by atoms with van der Waals surface area (Å²) in [4.78, 5) is 23.0. The van der Waals surface area contributed by atoms with Gasteiger partial charge in [-0.25, -0.2) is 9.59 Å². The van der Waals surface area contributed by atoms with Crippen LogP contribution in [0.25, 0.3) is 10.8 Å². The molecule has 0 radical (unpaired) electrons. The molecule has 98 valence electrons. The van der Waals surface area contributed by atoms with Crippen molar-refractivity contribution in [2.24, 2.45) is 0 Å². The molecule has 0 aromatic heterocycles. The van der Waals surface area contributed by atoms with Crippen LogP contribution in [-0.2, 0) is 9.47 Å². The number of anilines is 1. The SMILES string of the molecule is COC(=O)Nc1cc2ccccc2cc1C(=O)OC. The Balaban J connectivity index is 2.57. The molecule has 0 spiro atoms. The van der Waals surface area contributed by atoms with E-state index in [1.54, 1.807) is 12.1 Å². The fourth-order valence-electron chi connectivity index (χ4n) is 1.78. The molecule has 5 nitrogen and oxygen atoms in total. The number of amides is 1. The van der Waals surface area contributed by atoms with Gasteiger partial charge < -0.3 is 9.47 Å². The highest BCUT2D eigenvalue weighted by molar-refractivity contribution is 6.04. The minimum atomic E-state index is -0.638. The summed E-state index contributed by atoms with van der Waals surface area (Å²) in [5.74, 6) is -0.517. The molecule has 1 amide bonds. The number of benzene rings is 2. The second kappa shape index (κ2) is 5.39. The molecule has 0 aliphatic carbocycles. The fraction of sp³-hybridized carbons (Fsp3) is 0.143. The quantitative estimate of drug-likeness (QED) is 0.842. The van der Waals surface area contributed by atoms with Gasteiger partial charge in [0.1, 0.15) is 0 Å². The number of ether oxygens (including phenoxy) is 2. The van der Waals surface area contributed by atoms with Crippen LogP contribution >= 0.6 is 0 Å². The number of rotatable bonds is 2. The van der Waals surface area contributed by atoms with Crippen molar-refractivity contribution in [1.82, 2.24) is 0 Å². The Morgan fingerprint density at radius 3 is 2.21 bits per heavy atom. The molecule has 0 atom stereocenters. The Morgan fingerprint density at radius 2 is 1.63 bits per heavy atom. The van der Waals surface area contributed by atoms with Gasteiger partial charge >= 0.3 is 12.1 Å². The Bertz CT molecular complexity index is 636. The van der Waals surface area contributed by atoms with E-state index in [4.69, 9.17) is 4.74 Å². The first-order chi connectivity index (χ1) is 9.15. The zero-order valence-electron chi connectivity index (χ0n) is 10.6. The van der Waals surface area contributed by atoms with Crippen LogP contribution in [0.3, 0.4) is 0 Å². The van der Waals surface area contributed by atoms with Gasteiger partial charge in [-0.1, -0.05) is 24.3 Å². The highest BCUT2D eigenvalue weighted by atomic mass is 16.5. The molecule has 0 fully saturated rings. The molecule has 0 aliphatic rings. The lowest BCUT2D eigenvalue weighted by molar-refractivity contribution is 0.0602. The maximum absolute atomic E-state index is 11.7. The van der Waals surface area contributed by atoms with Gasteiger partial charge in [-0.15, -0.1) is 0 Å². The van der Waals surface area contributed by atoms with E-state index in [1.807, 2.05) is 24.3 Å². The Kier molecular flexibility index (Phi) is 3.66. The first kappa shape index (κ1) is 12.9. The molecule has 0 aliphatic heterocycles. The van der Waals surface area contributed by atoms with Crippen molar-refractivity contribution in [3.05, 3.63) is 42.0 Å². The fourth-order valence-corrected chi connectivity index (χ4v) is 1.78. The van der Waals surface area contributed by atoms with Crippen molar-refractivity contribution in [1.29, 1.82) is 0 Å². The van der Waals surface area contributed by atoms with Gasteiger partial charge in [-0.05, 0) is 22.9 Å². The first-order valence-corrected chi connectivity index (χ1v) is 5.62. The number of carbonyl (C=O) groups is 2. The standard InChI is InChI=1S/C14H13NO4/c1-18-13(16)11-7-9-5-3-4-6-10(9)8-12(11)15-14(17)19-2/h3-8H,1-2H3,(H,15,17). The molecule has 0 heterocycles. The first-order valence-electron chi connectivity index (χ1n) is 5.62. The van der Waals surface area contributed by atoms with Crippen LogP contribution in [0, 0.1) is 0 Å². The zero-order valence-corrected chi connectivity index (χ0v) is 10.6.